The topological polar surface area (TPSA) is 61.8 Å². The molecule has 0 atom stereocenters. The van der Waals surface area contributed by atoms with Crippen molar-refractivity contribution in [3.8, 4) is 5.75 Å². The Morgan fingerprint density at radius 1 is 1.50 bits per heavy atom. The number of aromatic hydroxyl groups is 1. The number of rotatable bonds is 2. The van der Waals surface area contributed by atoms with Gasteiger partial charge in [0.1, 0.15) is 11.6 Å². The number of amidine groups is 1. The van der Waals surface area contributed by atoms with Crippen LogP contribution in [0.5, 0.6) is 5.75 Å². The zero-order valence-corrected chi connectivity index (χ0v) is 7.85. The first kappa shape index (κ1) is 8.87. The molecule has 0 fully saturated rings. The molecular weight excluding hydrogens is 178 g/mol. The molecule has 1 heterocycles. The molecule has 0 aromatic heterocycles. The van der Waals surface area contributed by atoms with E-state index in [1.807, 2.05) is 17.1 Å². The average molecular weight is 191 g/mol. The molecule has 2 rings (SSSR count). The molecule has 0 aliphatic carbocycles. The maximum atomic E-state index is 9.26. The molecule has 0 amide bonds. The second kappa shape index (κ2) is 3.57. The third-order valence-electron chi connectivity index (χ3n) is 2.17. The van der Waals surface area contributed by atoms with Crippen LogP contribution in [0.3, 0.4) is 0 Å². The molecule has 0 bridgehead atoms. The van der Waals surface area contributed by atoms with Gasteiger partial charge in [-0.2, -0.15) is 5.10 Å². The maximum absolute atomic E-state index is 9.26. The van der Waals surface area contributed by atoms with Gasteiger partial charge in [0.2, 0.25) is 0 Å². The Kier molecular flexibility index (Phi) is 2.26. The number of benzene rings is 1. The molecule has 1 aliphatic heterocycles. The van der Waals surface area contributed by atoms with Crippen molar-refractivity contribution in [2.75, 3.05) is 6.54 Å². The Labute approximate surface area is 82.6 Å². The van der Waals surface area contributed by atoms with Gasteiger partial charge >= 0.3 is 0 Å². The summed E-state index contributed by atoms with van der Waals surface area (Å²) in [5.74, 6) is 0.976. The van der Waals surface area contributed by atoms with Gasteiger partial charge in [0.25, 0.3) is 0 Å². The smallest absolute Gasteiger partial charge is 0.121 e. The molecule has 0 radical (unpaired) electrons. The van der Waals surface area contributed by atoms with Gasteiger partial charge in [0.05, 0.1) is 6.54 Å². The molecule has 1 aliphatic rings. The van der Waals surface area contributed by atoms with Gasteiger partial charge in [-0.25, -0.2) is 0 Å². The van der Waals surface area contributed by atoms with Gasteiger partial charge in [0.15, 0.2) is 0 Å². The fraction of sp³-hybridized carbons (Fsp3) is 0.300. The van der Waals surface area contributed by atoms with Crippen molar-refractivity contribution < 1.29 is 5.11 Å². The first-order valence-corrected chi connectivity index (χ1v) is 4.60. The molecule has 0 spiro atoms. The summed E-state index contributed by atoms with van der Waals surface area (Å²) in [6, 6.07) is 7.19. The molecule has 4 nitrogen and oxygen atoms in total. The average Bonchev–Trinajstić information content (AvgIpc) is 2.51. The Morgan fingerprint density at radius 2 is 2.36 bits per heavy atom. The summed E-state index contributed by atoms with van der Waals surface area (Å²) in [7, 11) is 0. The highest BCUT2D eigenvalue weighted by Gasteiger charge is 2.11. The van der Waals surface area contributed by atoms with E-state index in [-0.39, 0.29) is 0 Å². The normalized spacial score (nSPS) is 15.7. The van der Waals surface area contributed by atoms with E-state index >= 15 is 0 Å². The fourth-order valence-corrected chi connectivity index (χ4v) is 1.51. The van der Waals surface area contributed by atoms with Crippen LogP contribution in [0, 0.1) is 0 Å². The summed E-state index contributed by atoms with van der Waals surface area (Å²) in [4.78, 5) is 0. The third kappa shape index (κ3) is 1.96. The van der Waals surface area contributed by atoms with Crippen molar-refractivity contribution >= 4 is 5.84 Å². The Balaban J connectivity index is 2.04. The van der Waals surface area contributed by atoms with Crippen molar-refractivity contribution in [2.45, 2.75) is 13.0 Å². The van der Waals surface area contributed by atoms with Crippen LogP contribution in [0.1, 0.15) is 12.0 Å². The zero-order valence-electron chi connectivity index (χ0n) is 7.85. The van der Waals surface area contributed by atoms with Crippen LogP contribution in [0.4, 0.5) is 0 Å². The predicted octanol–water partition coefficient (Wildman–Crippen LogP) is 0.870. The second-order valence-corrected chi connectivity index (χ2v) is 3.40. The molecule has 0 saturated heterocycles. The molecule has 1 aromatic carbocycles. The van der Waals surface area contributed by atoms with Crippen LogP contribution < -0.4 is 5.73 Å². The quantitative estimate of drug-likeness (QED) is 0.729. The van der Waals surface area contributed by atoms with Crippen LogP contribution in [-0.2, 0) is 6.54 Å². The van der Waals surface area contributed by atoms with Crippen LogP contribution in [0.25, 0.3) is 0 Å². The van der Waals surface area contributed by atoms with Gasteiger partial charge in [-0.05, 0) is 17.7 Å². The molecule has 3 N–H and O–H groups in total. The van der Waals surface area contributed by atoms with E-state index in [1.54, 1.807) is 12.1 Å². The van der Waals surface area contributed by atoms with Crippen LogP contribution in [0.2, 0.25) is 0 Å². The summed E-state index contributed by atoms with van der Waals surface area (Å²) in [5, 5.41) is 15.3. The fourth-order valence-electron chi connectivity index (χ4n) is 1.51. The summed E-state index contributed by atoms with van der Waals surface area (Å²) in [6.07, 6.45) is 0.832. The number of phenolic OH excluding ortho intramolecular Hbond substituents is 1. The highest BCUT2D eigenvalue weighted by atomic mass is 16.3. The number of nitrogens with zero attached hydrogens (tertiary/aromatic N) is 2. The molecule has 74 valence electrons. The first-order valence-electron chi connectivity index (χ1n) is 4.60. The number of hydrogen-bond acceptors (Lipinski definition) is 4. The molecular formula is C10H13N3O. The summed E-state index contributed by atoms with van der Waals surface area (Å²) in [6.45, 7) is 1.57. The third-order valence-corrected chi connectivity index (χ3v) is 2.17. The zero-order chi connectivity index (χ0) is 9.97. The molecule has 1 aromatic rings. The number of hydrogen-bond donors (Lipinski definition) is 2. The Bertz CT molecular complexity index is 362. The van der Waals surface area contributed by atoms with E-state index in [0.29, 0.717) is 18.1 Å². The van der Waals surface area contributed by atoms with Gasteiger partial charge in [-0.1, -0.05) is 12.1 Å². The molecule has 14 heavy (non-hydrogen) atoms. The lowest BCUT2D eigenvalue weighted by Gasteiger charge is -2.12. The van der Waals surface area contributed by atoms with Gasteiger partial charge < -0.3 is 10.8 Å². The summed E-state index contributed by atoms with van der Waals surface area (Å²) >= 11 is 0. The standard InChI is InChI=1S/C10H13N3O/c11-10-4-5-13(12-10)7-8-2-1-3-9(14)6-8/h1-3,6,14H,4-5,7H2,(H2,11,12). The lowest BCUT2D eigenvalue weighted by molar-refractivity contribution is 0.309. The first-order chi connectivity index (χ1) is 6.74. The van der Waals surface area contributed by atoms with Gasteiger partial charge in [0, 0.05) is 13.0 Å². The van der Waals surface area contributed by atoms with Gasteiger partial charge in [-0.3, -0.25) is 5.01 Å². The molecule has 0 unspecified atom stereocenters. The maximum Gasteiger partial charge on any atom is 0.121 e. The van der Waals surface area contributed by atoms with Crippen LogP contribution >= 0.6 is 0 Å². The summed E-state index contributed by atoms with van der Waals surface area (Å²) < 4.78 is 0. The van der Waals surface area contributed by atoms with Crippen molar-refractivity contribution in [3.63, 3.8) is 0 Å². The van der Waals surface area contributed by atoms with E-state index in [9.17, 15) is 5.11 Å². The van der Waals surface area contributed by atoms with E-state index in [4.69, 9.17) is 5.73 Å². The van der Waals surface area contributed by atoms with Crippen LogP contribution in [0.15, 0.2) is 29.4 Å². The lowest BCUT2D eigenvalue weighted by Crippen LogP contribution is -2.13. The van der Waals surface area contributed by atoms with Crippen molar-refractivity contribution in [1.29, 1.82) is 0 Å². The SMILES string of the molecule is NC1=NN(Cc2cccc(O)c2)CC1. The van der Waals surface area contributed by atoms with E-state index in [0.717, 1.165) is 18.5 Å². The molecule has 0 saturated carbocycles. The lowest BCUT2D eigenvalue weighted by atomic mass is 10.2. The van der Waals surface area contributed by atoms with Crippen LogP contribution in [-0.4, -0.2) is 22.5 Å². The van der Waals surface area contributed by atoms with Gasteiger partial charge in [-0.15, -0.1) is 0 Å². The second-order valence-electron chi connectivity index (χ2n) is 3.40. The largest absolute Gasteiger partial charge is 0.508 e. The van der Waals surface area contributed by atoms with Crippen molar-refractivity contribution in [2.24, 2.45) is 10.8 Å². The number of nitrogens with two attached hydrogens (primary N) is 1. The Hall–Kier alpha value is -1.71. The van der Waals surface area contributed by atoms with E-state index < -0.39 is 0 Å². The highest BCUT2D eigenvalue weighted by molar-refractivity contribution is 5.81. The highest BCUT2D eigenvalue weighted by Crippen LogP contribution is 2.14. The minimum atomic E-state index is 0.290. The molecule has 4 heteroatoms. The number of phenols is 1. The predicted molar refractivity (Wildman–Crippen MR) is 54.8 cm³/mol. The minimum Gasteiger partial charge on any atom is -0.508 e. The minimum absolute atomic E-state index is 0.290. The summed E-state index contributed by atoms with van der Waals surface area (Å²) in [5.41, 5.74) is 6.61. The van der Waals surface area contributed by atoms with Crippen molar-refractivity contribution in [3.05, 3.63) is 29.8 Å². The monoisotopic (exact) mass is 191 g/mol. The Morgan fingerprint density at radius 3 is 3.00 bits per heavy atom. The van der Waals surface area contributed by atoms with E-state index in [1.165, 1.54) is 0 Å². The van der Waals surface area contributed by atoms with E-state index in [2.05, 4.69) is 5.10 Å². The number of hydrazone groups is 1. The van der Waals surface area contributed by atoms with Crippen molar-refractivity contribution in [1.82, 2.24) is 5.01 Å².